The number of carbonyl (C=O) groups is 1. The molecular formula is C18H17N3O3. The molecule has 0 bridgehead atoms. The van der Waals surface area contributed by atoms with Crippen LogP contribution in [0.5, 0.6) is 0 Å². The van der Waals surface area contributed by atoms with E-state index in [-0.39, 0.29) is 12.5 Å². The zero-order valence-electron chi connectivity index (χ0n) is 13.5. The average Bonchev–Trinajstić information content (AvgIpc) is 3.25. The Morgan fingerprint density at radius 2 is 2.00 bits per heavy atom. The summed E-state index contributed by atoms with van der Waals surface area (Å²) in [7, 11) is 1.67. The molecule has 1 aromatic carbocycles. The Kier molecular flexibility index (Phi) is 4.56. The van der Waals surface area contributed by atoms with Crippen molar-refractivity contribution in [3.63, 3.8) is 0 Å². The predicted octanol–water partition coefficient (Wildman–Crippen LogP) is 3.31. The molecule has 3 rings (SSSR count). The molecule has 3 aromatic rings. The van der Waals surface area contributed by atoms with Gasteiger partial charge in [-0.15, -0.1) is 10.2 Å². The number of benzene rings is 1. The number of likely N-dealkylation sites (N-methyl/N-ethyl adjacent to an activating group) is 1. The number of furan rings is 1. The first kappa shape index (κ1) is 15.7. The molecule has 0 aliphatic rings. The molecule has 1 amide bonds. The van der Waals surface area contributed by atoms with Crippen molar-refractivity contribution in [3.8, 4) is 11.5 Å². The van der Waals surface area contributed by atoms with Crippen molar-refractivity contribution in [1.29, 1.82) is 0 Å². The highest BCUT2D eigenvalue weighted by Crippen LogP contribution is 2.18. The molecule has 122 valence electrons. The van der Waals surface area contributed by atoms with Crippen LogP contribution in [0.15, 0.2) is 57.6 Å². The lowest BCUT2D eigenvalue weighted by Gasteiger charge is -2.11. The van der Waals surface area contributed by atoms with E-state index >= 15 is 0 Å². The number of aromatic nitrogens is 2. The fourth-order valence-corrected chi connectivity index (χ4v) is 2.08. The van der Waals surface area contributed by atoms with E-state index < -0.39 is 0 Å². The number of hydrogen-bond acceptors (Lipinski definition) is 5. The first-order valence-corrected chi connectivity index (χ1v) is 7.48. The Labute approximate surface area is 139 Å². The molecule has 2 aromatic heterocycles. The number of amides is 1. The maximum atomic E-state index is 12.1. The maximum Gasteiger partial charge on any atom is 0.247 e. The summed E-state index contributed by atoms with van der Waals surface area (Å²) < 4.78 is 10.8. The molecule has 0 N–H and O–H groups in total. The van der Waals surface area contributed by atoms with Gasteiger partial charge in [0, 0.05) is 18.7 Å². The molecule has 6 nitrogen and oxygen atoms in total. The quantitative estimate of drug-likeness (QED) is 0.674. The molecule has 0 spiro atoms. The molecule has 2 heterocycles. The van der Waals surface area contributed by atoms with Gasteiger partial charge in [0.2, 0.25) is 17.7 Å². The molecule has 0 aliphatic heterocycles. The van der Waals surface area contributed by atoms with Gasteiger partial charge in [-0.2, -0.15) is 0 Å². The van der Waals surface area contributed by atoms with Crippen LogP contribution >= 0.6 is 0 Å². The summed E-state index contributed by atoms with van der Waals surface area (Å²) >= 11 is 0. The van der Waals surface area contributed by atoms with Crippen molar-refractivity contribution in [2.45, 2.75) is 13.5 Å². The highest BCUT2D eigenvalue weighted by Gasteiger charge is 2.13. The summed E-state index contributed by atoms with van der Waals surface area (Å²) in [6, 6.07) is 11.3. The molecule has 0 atom stereocenters. The van der Waals surface area contributed by atoms with Gasteiger partial charge in [0.1, 0.15) is 5.76 Å². The number of aryl methyl sites for hydroxylation is 1. The minimum Gasteiger partial charge on any atom is -0.465 e. The van der Waals surface area contributed by atoms with Crippen molar-refractivity contribution in [3.05, 3.63) is 66.0 Å². The van der Waals surface area contributed by atoms with E-state index in [4.69, 9.17) is 8.83 Å². The summed E-state index contributed by atoms with van der Waals surface area (Å²) in [5.41, 5.74) is 2.01. The third-order valence-electron chi connectivity index (χ3n) is 3.45. The first-order chi connectivity index (χ1) is 11.6. The van der Waals surface area contributed by atoms with E-state index in [1.807, 2.05) is 31.2 Å². The summed E-state index contributed by atoms with van der Waals surface area (Å²) in [5.74, 6) is 1.27. The normalized spacial score (nSPS) is 11.1. The van der Waals surface area contributed by atoms with Gasteiger partial charge in [0.05, 0.1) is 12.8 Å². The van der Waals surface area contributed by atoms with E-state index in [0.717, 1.165) is 11.1 Å². The van der Waals surface area contributed by atoms with Crippen molar-refractivity contribution in [1.82, 2.24) is 15.1 Å². The van der Waals surface area contributed by atoms with E-state index in [0.29, 0.717) is 17.5 Å². The van der Waals surface area contributed by atoms with E-state index in [2.05, 4.69) is 10.2 Å². The third kappa shape index (κ3) is 3.78. The molecule has 0 aliphatic carbocycles. The summed E-state index contributed by atoms with van der Waals surface area (Å²) in [5, 5.41) is 8.02. The second kappa shape index (κ2) is 6.95. The van der Waals surface area contributed by atoms with Crippen molar-refractivity contribution < 1.29 is 13.6 Å². The number of hydrogen-bond donors (Lipinski definition) is 0. The van der Waals surface area contributed by atoms with Crippen LogP contribution in [-0.4, -0.2) is 28.1 Å². The molecule has 0 unspecified atom stereocenters. The maximum absolute atomic E-state index is 12.1. The number of rotatable bonds is 5. The fourth-order valence-electron chi connectivity index (χ4n) is 2.08. The lowest BCUT2D eigenvalue weighted by molar-refractivity contribution is -0.125. The standard InChI is InChI=1S/C18H17N3O3/c1-13-5-7-14(8-6-13)18-20-19-16(24-18)12-21(2)17(22)10-9-15-4-3-11-23-15/h3-11H,12H2,1-2H3/b10-9+. The molecule has 0 saturated heterocycles. The molecular weight excluding hydrogens is 306 g/mol. The van der Waals surface area contributed by atoms with Crippen molar-refractivity contribution in [2.75, 3.05) is 7.05 Å². The van der Waals surface area contributed by atoms with Gasteiger partial charge in [-0.3, -0.25) is 4.79 Å². The van der Waals surface area contributed by atoms with Crippen molar-refractivity contribution in [2.24, 2.45) is 0 Å². The van der Waals surface area contributed by atoms with Gasteiger partial charge < -0.3 is 13.7 Å². The van der Waals surface area contributed by atoms with Gasteiger partial charge >= 0.3 is 0 Å². The average molecular weight is 323 g/mol. The summed E-state index contributed by atoms with van der Waals surface area (Å²) in [6.07, 6.45) is 4.61. The van der Waals surface area contributed by atoms with Gasteiger partial charge in [0.25, 0.3) is 0 Å². The second-order valence-electron chi connectivity index (χ2n) is 5.41. The largest absolute Gasteiger partial charge is 0.465 e. The minimum absolute atomic E-state index is 0.179. The lowest BCUT2D eigenvalue weighted by atomic mass is 10.1. The Bertz CT molecular complexity index is 833. The highest BCUT2D eigenvalue weighted by molar-refractivity contribution is 5.91. The SMILES string of the molecule is Cc1ccc(-c2nnc(CN(C)C(=O)/C=C/c3ccco3)o2)cc1. The molecule has 0 fully saturated rings. The zero-order valence-corrected chi connectivity index (χ0v) is 13.5. The zero-order chi connectivity index (χ0) is 16.9. The van der Waals surface area contributed by atoms with E-state index in [1.54, 1.807) is 31.5 Å². The van der Waals surface area contributed by atoms with Gasteiger partial charge in [-0.05, 0) is 37.3 Å². The summed E-state index contributed by atoms with van der Waals surface area (Å²) in [6.45, 7) is 2.25. The Morgan fingerprint density at radius 3 is 2.71 bits per heavy atom. The van der Waals surface area contributed by atoms with Crippen molar-refractivity contribution >= 4 is 12.0 Å². The van der Waals surface area contributed by atoms with Crippen LogP contribution in [0.2, 0.25) is 0 Å². The predicted molar refractivity (Wildman–Crippen MR) is 88.7 cm³/mol. The molecule has 0 radical (unpaired) electrons. The smallest absolute Gasteiger partial charge is 0.247 e. The molecule has 24 heavy (non-hydrogen) atoms. The minimum atomic E-state index is -0.179. The fraction of sp³-hybridized carbons (Fsp3) is 0.167. The van der Waals surface area contributed by atoms with E-state index in [9.17, 15) is 4.79 Å². The van der Waals surface area contributed by atoms with Crippen LogP contribution in [0, 0.1) is 6.92 Å². The Balaban J connectivity index is 1.63. The van der Waals surface area contributed by atoms with Crippen LogP contribution in [0.1, 0.15) is 17.2 Å². The van der Waals surface area contributed by atoms with Crippen LogP contribution in [0.25, 0.3) is 17.5 Å². The van der Waals surface area contributed by atoms with Gasteiger partial charge in [0.15, 0.2) is 0 Å². The highest BCUT2D eigenvalue weighted by atomic mass is 16.4. The first-order valence-electron chi connectivity index (χ1n) is 7.48. The lowest BCUT2D eigenvalue weighted by Crippen LogP contribution is -2.24. The van der Waals surface area contributed by atoms with E-state index in [1.165, 1.54) is 11.0 Å². The number of nitrogens with zero attached hydrogens (tertiary/aromatic N) is 3. The third-order valence-corrected chi connectivity index (χ3v) is 3.45. The topological polar surface area (TPSA) is 72.4 Å². The number of carbonyl (C=O) groups excluding carboxylic acids is 1. The van der Waals surface area contributed by atoms with Gasteiger partial charge in [-0.1, -0.05) is 17.7 Å². The van der Waals surface area contributed by atoms with Crippen LogP contribution in [0.3, 0.4) is 0 Å². The van der Waals surface area contributed by atoms with Crippen LogP contribution < -0.4 is 0 Å². The second-order valence-corrected chi connectivity index (χ2v) is 5.41. The molecule has 0 saturated carbocycles. The molecule has 6 heteroatoms. The van der Waals surface area contributed by atoms with Crippen LogP contribution in [0.4, 0.5) is 0 Å². The summed E-state index contributed by atoms with van der Waals surface area (Å²) in [4.78, 5) is 13.6. The Hall–Kier alpha value is -3.15. The Morgan fingerprint density at radius 1 is 1.21 bits per heavy atom. The van der Waals surface area contributed by atoms with Gasteiger partial charge in [-0.25, -0.2) is 0 Å². The monoisotopic (exact) mass is 323 g/mol. The van der Waals surface area contributed by atoms with Crippen LogP contribution in [-0.2, 0) is 11.3 Å².